The van der Waals surface area contributed by atoms with Gasteiger partial charge in [0.15, 0.2) is 0 Å². The first-order valence-corrected chi connectivity index (χ1v) is 11.1. The molecule has 1 saturated heterocycles. The Morgan fingerprint density at radius 3 is 2.36 bits per heavy atom. The molecule has 0 spiro atoms. The zero-order chi connectivity index (χ0) is 24.1. The summed E-state index contributed by atoms with van der Waals surface area (Å²) < 4.78 is 20.4. The van der Waals surface area contributed by atoms with Crippen molar-refractivity contribution in [3.8, 4) is 0 Å². The maximum atomic E-state index is 15.1. The monoisotopic (exact) mass is 483 g/mol. The third-order valence-corrected chi connectivity index (χ3v) is 6.21. The van der Waals surface area contributed by atoms with E-state index in [0.717, 1.165) is 18.9 Å². The van der Waals surface area contributed by atoms with Crippen molar-refractivity contribution < 1.29 is 28.6 Å². The largest absolute Gasteiger partial charge is 0.464 e. The van der Waals surface area contributed by atoms with Crippen molar-refractivity contribution in [2.45, 2.75) is 51.3 Å². The van der Waals surface area contributed by atoms with Gasteiger partial charge >= 0.3 is 12.2 Å². The van der Waals surface area contributed by atoms with Crippen molar-refractivity contribution in [3.63, 3.8) is 0 Å². The molecule has 2 atom stereocenters. The first-order valence-electron chi connectivity index (χ1n) is 10.8. The highest BCUT2D eigenvalue weighted by atomic mass is 35.5. The lowest BCUT2D eigenvalue weighted by molar-refractivity contribution is 0.0518. The highest BCUT2D eigenvalue weighted by molar-refractivity contribution is 6.37. The summed E-state index contributed by atoms with van der Waals surface area (Å²) in [5, 5.41) is 14.8. The predicted octanol–water partition coefficient (Wildman–Crippen LogP) is 2.93. The van der Waals surface area contributed by atoms with Gasteiger partial charge in [0.2, 0.25) is 0 Å². The van der Waals surface area contributed by atoms with Crippen LogP contribution in [-0.2, 0) is 4.74 Å². The molecule has 180 valence electrons. The number of alkyl carbamates (subject to hydrolysis) is 1. The van der Waals surface area contributed by atoms with Gasteiger partial charge in [0, 0.05) is 37.0 Å². The van der Waals surface area contributed by atoms with E-state index in [-0.39, 0.29) is 45.9 Å². The Labute approximate surface area is 195 Å². The Hall–Kier alpha value is -2.95. The van der Waals surface area contributed by atoms with E-state index in [1.807, 2.05) is 10.3 Å². The lowest BCUT2D eigenvalue weighted by Gasteiger charge is -2.27. The highest BCUT2D eigenvalue weighted by Gasteiger charge is 2.57. The van der Waals surface area contributed by atoms with E-state index < -0.39 is 29.5 Å². The lowest BCUT2D eigenvalue weighted by atomic mass is 10.1. The molecule has 1 aliphatic heterocycles. The number of ether oxygens (including phenoxy) is 1. The fraction of sp³-hybridized carbons (Fsp3) is 0.571. The zero-order valence-electron chi connectivity index (χ0n) is 18.5. The smallest absolute Gasteiger partial charge is 0.423 e. The third-order valence-electron chi connectivity index (χ3n) is 5.84. The number of fused-ring (bicyclic) bond motifs is 1. The van der Waals surface area contributed by atoms with Crippen molar-refractivity contribution >= 4 is 41.1 Å². The number of carbonyl (C=O) groups excluding carboxylic acids is 2. The molecule has 1 aromatic rings. The van der Waals surface area contributed by atoms with Crippen LogP contribution in [0.2, 0.25) is 5.02 Å². The molecule has 0 bridgehead atoms. The van der Waals surface area contributed by atoms with Gasteiger partial charge in [-0.2, -0.15) is 0 Å². The van der Waals surface area contributed by atoms with Crippen LogP contribution in [0.3, 0.4) is 0 Å². The molecule has 1 heterocycles. The molecule has 5 N–H and O–H groups in total. The molecule has 2 aliphatic carbocycles. The lowest BCUT2D eigenvalue weighted by Crippen LogP contribution is -2.41. The molecule has 0 aromatic heterocycles. The van der Waals surface area contributed by atoms with Crippen molar-refractivity contribution in [1.82, 2.24) is 16.2 Å². The summed E-state index contributed by atoms with van der Waals surface area (Å²) in [7, 11) is 0. The number of carboxylic acid groups (broad SMARTS) is 1. The molecule has 33 heavy (non-hydrogen) atoms. The molecule has 12 heteroatoms. The van der Waals surface area contributed by atoms with Gasteiger partial charge in [-0.25, -0.2) is 19.4 Å². The van der Waals surface area contributed by atoms with E-state index in [2.05, 4.69) is 10.6 Å². The Kier molecular flexibility index (Phi) is 5.94. The third kappa shape index (κ3) is 5.18. The summed E-state index contributed by atoms with van der Waals surface area (Å²) >= 11 is 6.58. The molecule has 10 nitrogen and oxygen atoms in total. The fourth-order valence-corrected chi connectivity index (χ4v) is 4.56. The number of piperidine rings is 1. The molecular weight excluding hydrogens is 457 g/mol. The Morgan fingerprint density at radius 1 is 1.18 bits per heavy atom. The van der Waals surface area contributed by atoms with Crippen LogP contribution in [0.15, 0.2) is 6.07 Å². The Balaban J connectivity index is 1.48. The van der Waals surface area contributed by atoms with E-state index >= 15 is 4.39 Å². The maximum Gasteiger partial charge on any atom is 0.423 e. The van der Waals surface area contributed by atoms with E-state index in [1.54, 1.807) is 26.2 Å². The molecule has 4 rings (SSSR count). The number of hydrogen-bond acceptors (Lipinski definition) is 6. The minimum atomic E-state index is -1.45. The number of amides is 3. The first-order chi connectivity index (χ1) is 15.4. The summed E-state index contributed by atoms with van der Waals surface area (Å²) in [5.41, 5.74) is 3.55. The van der Waals surface area contributed by atoms with E-state index in [4.69, 9.17) is 21.4 Å². The van der Waals surface area contributed by atoms with Gasteiger partial charge in [0.25, 0.3) is 5.91 Å². The number of hydrazine groups is 1. The molecule has 3 amide bonds. The molecule has 2 unspecified atom stereocenters. The van der Waals surface area contributed by atoms with Gasteiger partial charge in [-0.1, -0.05) is 11.6 Å². The van der Waals surface area contributed by atoms with Gasteiger partial charge in [0.05, 0.1) is 22.0 Å². The van der Waals surface area contributed by atoms with E-state index in [9.17, 15) is 14.4 Å². The second-order valence-electron chi connectivity index (χ2n) is 9.65. The van der Waals surface area contributed by atoms with Crippen molar-refractivity contribution in [2.24, 2.45) is 11.8 Å². The number of hydrogen-bond donors (Lipinski definition) is 5. The molecule has 0 radical (unpaired) electrons. The number of halogens is 2. The van der Waals surface area contributed by atoms with E-state index in [0.29, 0.717) is 13.1 Å². The van der Waals surface area contributed by atoms with Crippen LogP contribution < -0.4 is 26.4 Å². The number of benzene rings is 1. The average molecular weight is 484 g/mol. The second kappa shape index (κ2) is 8.44. The molecule has 1 aromatic carbocycles. The van der Waals surface area contributed by atoms with Gasteiger partial charge in [-0.05, 0) is 39.7 Å². The topological polar surface area (TPSA) is 132 Å². The van der Waals surface area contributed by atoms with Crippen molar-refractivity contribution in [1.29, 1.82) is 0 Å². The normalized spacial score (nSPS) is 23.4. The number of nitrogens with zero attached hydrogens (tertiary/aromatic N) is 1. The van der Waals surface area contributed by atoms with Crippen LogP contribution >= 0.6 is 11.6 Å². The minimum absolute atomic E-state index is 0.0332. The summed E-state index contributed by atoms with van der Waals surface area (Å²) in [6.07, 6.45) is -0.139. The first kappa shape index (κ1) is 23.2. The summed E-state index contributed by atoms with van der Waals surface area (Å²) in [5.74, 6) is -1.20. The van der Waals surface area contributed by atoms with Crippen LogP contribution in [0.4, 0.5) is 25.4 Å². The highest BCUT2D eigenvalue weighted by Crippen LogP contribution is 2.50. The number of rotatable bonds is 5. The predicted molar refractivity (Wildman–Crippen MR) is 119 cm³/mol. The number of anilines is 2. The van der Waals surface area contributed by atoms with Gasteiger partial charge < -0.3 is 25.4 Å². The summed E-state index contributed by atoms with van der Waals surface area (Å²) in [6, 6.07) is 1.15. The molecular formula is C21H27ClFN5O5. The van der Waals surface area contributed by atoms with Gasteiger partial charge in [-0.15, -0.1) is 0 Å². The van der Waals surface area contributed by atoms with E-state index in [1.165, 1.54) is 0 Å². The van der Waals surface area contributed by atoms with Crippen LogP contribution in [0.5, 0.6) is 0 Å². The minimum Gasteiger partial charge on any atom is -0.464 e. The second-order valence-corrected chi connectivity index (χ2v) is 10.0. The Morgan fingerprint density at radius 2 is 1.82 bits per heavy atom. The van der Waals surface area contributed by atoms with Crippen LogP contribution in [0, 0.1) is 17.7 Å². The average Bonchev–Trinajstić information content (AvgIpc) is 3.58. The zero-order valence-corrected chi connectivity index (χ0v) is 19.3. The number of carbonyl (C=O) groups is 3. The van der Waals surface area contributed by atoms with Gasteiger partial charge in [0.1, 0.15) is 11.4 Å². The molecule has 2 saturated carbocycles. The molecule has 3 aliphatic rings. The SMILES string of the molecule is CC(C)(C)OC(=O)NC1C2CN(c3c(F)cc(C(=O)NNC(=O)O)c(NC4CC4)c3Cl)CC21. The summed E-state index contributed by atoms with van der Waals surface area (Å²) in [4.78, 5) is 37.0. The quantitative estimate of drug-likeness (QED) is 0.407. The standard InChI is InChI=1S/C21H27ClFN5O5/c1-21(2,3)33-20(32)25-15-11-7-28(8-12(11)15)17-13(23)6-10(18(29)26-27-19(30)31)16(14(17)22)24-9-4-5-9/h6,9,11-12,15,24,27H,4-5,7-8H2,1-3H3,(H,25,32)(H,26,29)(H,30,31). The van der Waals surface area contributed by atoms with Crippen LogP contribution in [0.1, 0.15) is 44.0 Å². The maximum absolute atomic E-state index is 15.1. The summed E-state index contributed by atoms with van der Waals surface area (Å²) in [6.45, 7) is 6.37. The fourth-order valence-electron chi connectivity index (χ4n) is 4.19. The number of nitrogens with one attached hydrogen (secondary N) is 4. The molecule has 3 fully saturated rings. The Bertz CT molecular complexity index is 984. The van der Waals surface area contributed by atoms with Crippen molar-refractivity contribution in [3.05, 3.63) is 22.5 Å². The van der Waals surface area contributed by atoms with Gasteiger partial charge in [-0.3, -0.25) is 10.2 Å². The van der Waals surface area contributed by atoms with Crippen molar-refractivity contribution in [2.75, 3.05) is 23.3 Å². The van der Waals surface area contributed by atoms with Crippen LogP contribution in [0.25, 0.3) is 0 Å². The van der Waals surface area contributed by atoms with Crippen LogP contribution in [-0.4, -0.2) is 54.0 Å².